The highest BCUT2D eigenvalue weighted by molar-refractivity contribution is 8.07. The number of alkyl halides is 2. The number of halogens is 2. The van der Waals surface area contributed by atoms with Crippen LogP contribution >= 0.6 is 6.72 Å². The van der Waals surface area contributed by atoms with E-state index in [0.29, 0.717) is 0 Å². The van der Waals surface area contributed by atoms with Crippen LogP contribution in [0.15, 0.2) is 21.9 Å². The molecule has 12 heteroatoms. The van der Waals surface area contributed by atoms with E-state index in [1.54, 1.807) is 13.8 Å². The first-order chi connectivity index (χ1) is 11.5. The third-order valence-corrected chi connectivity index (χ3v) is 6.22. The van der Waals surface area contributed by atoms with Gasteiger partial charge in [-0.05, 0) is 32.6 Å². The fourth-order valence-corrected chi connectivity index (χ4v) is 5.36. The summed E-state index contributed by atoms with van der Waals surface area (Å²) in [5.74, 6) is -2.66. The van der Waals surface area contributed by atoms with Gasteiger partial charge in [0.25, 0.3) is 11.4 Å². The Labute approximate surface area is 146 Å². The molecule has 2 aliphatic rings. The number of hydrogen-bond acceptors (Lipinski definition) is 7. The lowest BCUT2D eigenvalue weighted by Gasteiger charge is -2.39. The molecule has 1 unspecified atom stereocenters. The molecule has 2 aliphatic heterocycles. The number of nitrogens with zero attached hydrogens (tertiary/aromatic N) is 1. The fourth-order valence-electron chi connectivity index (χ4n) is 2.79. The van der Waals surface area contributed by atoms with Gasteiger partial charge in [0.15, 0.2) is 18.0 Å². The lowest BCUT2D eigenvalue weighted by atomic mass is 9.97. The maximum atomic E-state index is 15.4. The van der Waals surface area contributed by atoms with E-state index in [1.165, 1.54) is 0 Å². The standard InChI is InChI=1S/C13H17F2N2O6PS/c1-7(2)22-24(25)20-6-13(15)9(23-24)12(3,14)10(21-13)17-5-4-8(18)16-11(17)19/h4-5,7,9-10H,6H2,1-3H3,(H,16,18,19)/t9-,10+,12+,13+,24?/m0/s1. The minimum Gasteiger partial charge on any atom is -0.314 e. The van der Waals surface area contributed by atoms with Gasteiger partial charge in [0, 0.05) is 12.3 Å². The Morgan fingerprint density at radius 1 is 1.48 bits per heavy atom. The van der Waals surface area contributed by atoms with Crippen LogP contribution in [0, 0.1) is 0 Å². The number of hydrogen-bond donors (Lipinski definition) is 1. The molecule has 0 aliphatic carbocycles. The van der Waals surface area contributed by atoms with Crippen LogP contribution in [0.1, 0.15) is 27.0 Å². The molecule has 0 amide bonds. The third kappa shape index (κ3) is 3.24. The van der Waals surface area contributed by atoms with Crippen molar-refractivity contribution < 1.29 is 27.1 Å². The molecule has 0 radical (unpaired) electrons. The quantitative estimate of drug-likeness (QED) is 0.772. The van der Waals surface area contributed by atoms with Crippen molar-refractivity contribution in [3.8, 4) is 0 Å². The summed E-state index contributed by atoms with van der Waals surface area (Å²) in [7, 11) is 0. The van der Waals surface area contributed by atoms with E-state index in [0.717, 1.165) is 23.8 Å². The molecule has 1 aromatic rings. The summed E-state index contributed by atoms with van der Waals surface area (Å²) < 4.78 is 52.3. The van der Waals surface area contributed by atoms with Crippen molar-refractivity contribution in [1.29, 1.82) is 0 Å². The summed E-state index contributed by atoms with van der Waals surface area (Å²) in [4.78, 5) is 25.1. The zero-order valence-corrected chi connectivity index (χ0v) is 15.3. The number of fused-ring (bicyclic) bond motifs is 1. The van der Waals surface area contributed by atoms with Crippen LogP contribution in [-0.4, -0.2) is 39.9 Å². The van der Waals surface area contributed by atoms with Crippen molar-refractivity contribution in [2.75, 3.05) is 6.61 Å². The lowest BCUT2D eigenvalue weighted by molar-refractivity contribution is -0.217. The largest absolute Gasteiger partial charge is 0.330 e. The highest BCUT2D eigenvalue weighted by Gasteiger charge is 2.69. The number of nitrogens with one attached hydrogen (secondary N) is 1. The van der Waals surface area contributed by atoms with Gasteiger partial charge >= 0.3 is 12.4 Å². The zero-order valence-electron chi connectivity index (χ0n) is 13.6. The van der Waals surface area contributed by atoms with E-state index in [1.807, 2.05) is 4.98 Å². The molecule has 2 saturated heterocycles. The third-order valence-electron chi connectivity index (χ3n) is 3.79. The summed E-state index contributed by atoms with van der Waals surface area (Å²) in [5.41, 5.74) is -4.10. The minimum absolute atomic E-state index is 0.372. The minimum atomic E-state index is -3.37. The van der Waals surface area contributed by atoms with Gasteiger partial charge in [0.05, 0.1) is 6.10 Å². The van der Waals surface area contributed by atoms with Crippen LogP contribution in [0.5, 0.6) is 0 Å². The normalized spacial score (nSPS) is 41.0. The second-order valence-corrected chi connectivity index (χ2v) is 9.20. The van der Waals surface area contributed by atoms with Crippen molar-refractivity contribution in [2.24, 2.45) is 0 Å². The molecule has 140 valence electrons. The summed E-state index contributed by atoms with van der Waals surface area (Å²) >= 11 is 5.14. The SMILES string of the molecule is CC(C)OP1(=S)OC[C@@]2(F)O[C@@H](n3ccc(=O)[nH]c3=O)[C@](C)(F)[C@@H]2O1. The number of aromatic amines is 1. The molecule has 2 fully saturated rings. The van der Waals surface area contributed by atoms with E-state index in [-0.39, 0.29) is 6.10 Å². The first-order valence-corrected chi connectivity index (χ1v) is 10.0. The van der Waals surface area contributed by atoms with Crippen molar-refractivity contribution in [3.63, 3.8) is 0 Å². The molecule has 8 nitrogen and oxygen atoms in total. The van der Waals surface area contributed by atoms with E-state index in [4.69, 9.17) is 30.1 Å². The van der Waals surface area contributed by atoms with Crippen LogP contribution in [0.4, 0.5) is 8.78 Å². The van der Waals surface area contributed by atoms with Crippen molar-refractivity contribution in [3.05, 3.63) is 33.1 Å². The van der Waals surface area contributed by atoms with Crippen molar-refractivity contribution in [1.82, 2.24) is 9.55 Å². The summed E-state index contributed by atoms with van der Waals surface area (Å²) in [6.45, 7) is 0.321. The lowest BCUT2D eigenvalue weighted by Crippen LogP contribution is -2.51. The number of rotatable bonds is 3. The average Bonchev–Trinajstić information content (AvgIpc) is 2.67. The molecule has 25 heavy (non-hydrogen) atoms. The molecule has 0 aromatic carbocycles. The fraction of sp³-hybridized carbons (Fsp3) is 0.692. The Balaban J connectivity index is 1.98. The molecule has 3 rings (SSSR count). The van der Waals surface area contributed by atoms with E-state index < -0.39 is 48.4 Å². The number of aromatic nitrogens is 2. The molecule has 0 bridgehead atoms. The van der Waals surface area contributed by atoms with E-state index in [9.17, 15) is 9.59 Å². The Morgan fingerprint density at radius 3 is 2.76 bits per heavy atom. The molecular formula is C13H17F2N2O6PS. The highest BCUT2D eigenvalue weighted by atomic mass is 32.5. The van der Waals surface area contributed by atoms with Crippen LogP contribution < -0.4 is 11.2 Å². The van der Waals surface area contributed by atoms with Crippen LogP contribution in [0.2, 0.25) is 0 Å². The predicted molar refractivity (Wildman–Crippen MR) is 86.1 cm³/mol. The maximum absolute atomic E-state index is 15.4. The highest BCUT2D eigenvalue weighted by Crippen LogP contribution is 2.63. The zero-order chi connectivity index (χ0) is 18.6. The number of ether oxygens (including phenoxy) is 1. The van der Waals surface area contributed by atoms with Gasteiger partial charge in [-0.25, -0.2) is 13.6 Å². The molecular weight excluding hydrogens is 381 g/mol. The Hall–Kier alpha value is -0.970. The molecule has 3 heterocycles. The summed E-state index contributed by atoms with van der Waals surface area (Å²) in [6.07, 6.45) is -2.80. The summed E-state index contributed by atoms with van der Waals surface area (Å²) in [6, 6.07) is 0.997. The van der Waals surface area contributed by atoms with Gasteiger partial charge in [-0.2, -0.15) is 0 Å². The maximum Gasteiger partial charge on any atom is 0.330 e. The van der Waals surface area contributed by atoms with Crippen molar-refractivity contribution in [2.45, 2.75) is 50.7 Å². The number of H-pyrrole nitrogens is 1. The monoisotopic (exact) mass is 398 g/mol. The van der Waals surface area contributed by atoms with Crippen LogP contribution in [0.25, 0.3) is 0 Å². The van der Waals surface area contributed by atoms with E-state index in [2.05, 4.69) is 0 Å². The predicted octanol–water partition coefficient (Wildman–Crippen LogP) is 1.52. The summed E-state index contributed by atoms with van der Waals surface area (Å²) in [5, 5.41) is 0. The molecule has 1 N–H and O–H groups in total. The molecule has 0 saturated carbocycles. The smallest absolute Gasteiger partial charge is 0.314 e. The Bertz CT molecular complexity index is 842. The van der Waals surface area contributed by atoms with Gasteiger partial charge in [-0.15, -0.1) is 0 Å². The second-order valence-electron chi connectivity index (χ2n) is 6.29. The van der Waals surface area contributed by atoms with E-state index >= 15 is 8.78 Å². The second kappa shape index (κ2) is 6.04. The van der Waals surface area contributed by atoms with Gasteiger partial charge in [-0.1, -0.05) is 0 Å². The average molecular weight is 398 g/mol. The molecule has 1 aromatic heterocycles. The van der Waals surface area contributed by atoms with Crippen LogP contribution in [0.3, 0.4) is 0 Å². The Kier molecular flexibility index (Phi) is 4.54. The van der Waals surface area contributed by atoms with Crippen LogP contribution in [-0.2, 0) is 30.1 Å². The first-order valence-electron chi connectivity index (χ1n) is 7.45. The van der Waals surface area contributed by atoms with Gasteiger partial charge in [0.1, 0.15) is 6.61 Å². The van der Waals surface area contributed by atoms with Gasteiger partial charge in [-0.3, -0.25) is 18.9 Å². The molecule has 5 atom stereocenters. The van der Waals surface area contributed by atoms with Crippen molar-refractivity contribution >= 4 is 18.5 Å². The first kappa shape index (κ1) is 18.8. The van der Waals surface area contributed by atoms with Gasteiger partial charge < -0.3 is 13.8 Å². The Morgan fingerprint density at radius 2 is 2.16 bits per heavy atom. The topological polar surface area (TPSA) is 91.8 Å². The van der Waals surface area contributed by atoms with Gasteiger partial charge in [0.2, 0.25) is 0 Å². The molecule has 0 spiro atoms.